The molecule has 20 heavy (non-hydrogen) atoms. The van der Waals surface area contributed by atoms with Crippen molar-refractivity contribution in [3.8, 4) is 0 Å². The van der Waals surface area contributed by atoms with Crippen LogP contribution in [0.5, 0.6) is 0 Å². The highest BCUT2D eigenvalue weighted by Crippen LogP contribution is 2.34. The van der Waals surface area contributed by atoms with Crippen molar-refractivity contribution in [2.75, 3.05) is 12.0 Å². The first-order valence-corrected chi connectivity index (χ1v) is 6.86. The molecule has 0 saturated heterocycles. The van der Waals surface area contributed by atoms with Gasteiger partial charge < -0.3 is 4.74 Å². The number of nitrogens with zero attached hydrogens (tertiary/aromatic N) is 1. The minimum absolute atomic E-state index is 0.241. The molecule has 4 heteroatoms. The number of para-hydroxylation sites is 1. The third kappa shape index (κ3) is 2.59. The first-order valence-electron chi connectivity index (χ1n) is 6.86. The summed E-state index contributed by atoms with van der Waals surface area (Å²) in [5, 5.41) is 0. The van der Waals surface area contributed by atoms with Gasteiger partial charge in [0.2, 0.25) is 0 Å². The largest absolute Gasteiger partial charge is 0.452 e. The van der Waals surface area contributed by atoms with E-state index in [4.69, 9.17) is 4.74 Å². The summed E-state index contributed by atoms with van der Waals surface area (Å²) >= 11 is 0. The molecule has 0 radical (unpaired) electrons. The topological polar surface area (TPSA) is 46.6 Å². The van der Waals surface area contributed by atoms with E-state index < -0.39 is 6.09 Å². The maximum absolute atomic E-state index is 12.1. The minimum atomic E-state index is -0.425. The van der Waals surface area contributed by atoms with Gasteiger partial charge in [0.1, 0.15) is 6.29 Å². The molecule has 0 saturated carbocycles. The highest BCUT2D eigenvalue weighted by Gasteiger charge is 2.32. The van der Waals surface area contributed by atoms with Gasteiger partial charge in [-0.25, -0.2) is 4.79 Å². The standard InChI is InChI=1S/C16H19NO3/c1-3-4-8-15-13(11-18)10-12-7-5-6-9-14(12)17(15)16(19)20-2/h5-7,9-11,15H,3-4,8H2,1-2H3/t15-/m0/s1. The van der Waals surface area contributed by atoms with Crippen molar-refractivity contribution < 1.29 is 14.3 Å². The fourth-order valence-corrected chi connectivity index (χ4v) is 2.55. The van der Waals surface area contributed by atoms with Crippen LogP contribution in [0.25, 0.3) is 6.08 Å². The van der Waals surface area contributed by atoms with Crippen LogP contribution in [0.1, 0.15) is 31.7 Å². The van der Waals surface area contributed by atoms with Crippen LogP contribution >= 0.6 is 0 Å². The number of carbonyl (C=O) groups excluding carboxylic acids is 2. The molecule has 1 heterocycles. The Kier molecular flexibility index (Phi) is 4.56. The van der Waals surface area contributed by atoms with E-state index in [1.165, 1.54) is 7.11 Å². The van der Waals surface area contributed by atoms with Gasteiger partial charge in [0, 0.05) is 5.57 Å². The van der Waals surface area contributed by atoms with Gasteiger partial charge in [0.15, 0.2) is 0 Å². The normalized spacial score (nSPS) is 17.2. The monoisotopic (exact) mass is 273 g/mol. The first kappa shape index (κ1) is 14.3. The Hall–Kier alpha value is -2.10. The lowest BCUT2D eigenvalue weighted by atomic mass is 9.93. The molecule has 1 aromatic carbocycles. The number of rotatable bonds is 4. The molecular weight excluding hydrogens is 254 g/mol. The quantitative estimate of drug-likeness (QED) is 0.790. The molecule has 0 fully saturated rings. The molecule has 0 N–H and O–H groups in total. The smallest absolute Gasteiger partial charge is 0.414 e. The fourth-order valence-electron chi connectivity index (χ4n) is 2.55. The molecular formula is C16H19NO3. The second kappa shape index (κ2) is 6.37. The number of methoxy groups -OCH3 is 1. The van der Waals surface area contributed by atoms with Crippen molar-refractivity contribution >= 4 is 24.1 Å². The van der Waals surface area contributed by atoms with Crippen molar-refractivity contribution in [1.82, 2.24) is 0 Å². The molecule has 1 aliphatic heterocycles. The Bertz CT molecular complexity index is 536. The van der Waals surface area contributed by atoms with Gasteiger partial charge in [-0.15, -0.1) is 0 Å². The third-order valence-electron chi connectivity index (χ3n) is 3.55. The van der Waals surface area contributed by atoms with Crippen LogP contribution in [-0.4, -0.2) is 25.5 Å². The average Bonchev–Trinajstić information content (AvgIpc) is 2.50. The predicted molar refractivity (Wildman–Crippen MR) is 78.7 cm³/mol. The number of hydrogen-bond acceptors (Lipinski definition) is 3. The van der Waals surface area contributed by atoms with Crippen LogP contribution in [-0.2, 0) is 9.53 Å². The number of aldehydes is 1. The lowest BCUT2D eigenvalue weighted by Crippen LogP contribution is -2.44. The predicted octanol–water partition coefficient (Wildman–Crippen LogP) is 3.41. The average molecular weight is 273 g/mol. The van der Waals surface area contributed by atoms with E-state index in [9.17, 15) is 9.59 Å². The molecule has 1 aliphatic rings. The maximum Gasteiger partial charge on any atom is 0.414 e. The van der Waals surface area contributed by atoms with Gasteiger partial charge >= 0.3 is 6.09 Å². The van der Waals surface area contributed by atoms with Crippen molar-refractivity contribution in [3.63, 3.8) is 0 Å². The van der Waals surface area contributed by atoms with Crippen molar-refractivity contribution in [1.29, 1.82) is 0 Å². The van der Waals surface area contributed by atoms with Gasteiger partial charge in [0.05, 0.1) is 18.8 Å². The Labute approximate surface area is 119 Å². The van der Waals surface area contributed by atoms with Crippen molar-refractivity contribution in [2.45, 2.75) is 32.2 Å². The van der Waals surface area contributed by atoms with E-state index >= 15 is 0 Å². The molecule has 0 spiro atoms. The number of carbonyl (C=O) groups is 2. The lowest BCUT2D eigenvalue weighted by molar-refractivity contribution is -0.105. The molecule has 106 valence electrons. The van der Waals surface area contributed by atoms with Crippen LogP contribution < -0.4 is 4.90 Å². The number of fused-ring (bicyclic) bond motifs is 1. The van der Waals surface area contributed by atoms with E-state index in [1.807, 2.05) is 30.3 Å². The summed E-state index contributed by atoms with van der Waals surface area (Å²) in [5.41, 5.74) is 2.29. The summed E-state index contributed by atoms with van der Waals surface area (Å²) in [6.45, 7) is 2.09. The van der Waals surface area contributed by atoms with E-state index in [-0.39, 0.29) is 6.04 Å². The summed E-state index contributed by atoms with van der Waals surface area (Å²) in [4.78, 5) is 25.1. The molecule has 1 amide bonds. The van der Waals surface area contributed by atoms with Crippen LogP contribution in [0.4, 0.5) is 10.5 Å². The fraction of sp³-hybridized carbons (Fsp3) is 0.375. The van der Waals surface area contributed by atoms with E-state index in [0.29, 0.717) is 5.57 Å². The number of amides is 1. The SMILES string of the molecule is CCCC[C@H]1C(C=O)=Cc2ccccc2N1C(=O)OC. The molecule has 1 aromatic rings. The zero-order chi connectivity index (χ0) is 14.5. The van der Waals surface area contributed by atoms with Crippen molar-refractivity contribution in [2.24, 2.45) is 0 Å². The number of unbranched alkanes of at least 4 members (excludes halogenated alkanes) is 1. The number of anilines is 1. The summed E-state index contributed by atoms with van der Waals surface area (Å²) in [6, 6.07) is 7.30. The Morgan fingerprint density at radius 3 is 2.80 bits per heavy atom. The summed E-state index contributed by atoms with van der Waals surface area (Å²) in [5.74, 6) is 0. The van der Waals surface area contributed by atoms with E-state index in [2.05, 4.69) is 6.92 Å². The van der Waals surface area contributed by atoms with Gasteiger partial charge in [-0.2, -0.15) is 0 Å². The highest BCUT2D eigenvalue weighted by atomic mass is 16.5. The van der Waals surface area contributed by atoms with Gasteiger partial charge in [-0.1, -0.05) is 38.0 Å². The Balaban J connectivity index is 2.48. The zero-order valence-corrected chi connectivity index (χ0v) is 11.8. The molecule has 0 bridgehead atoms. The molecule has 0 unspecified atom stereocenters. The Morgan fingerprint density at radius 2 is 2.15 bits per heavy atom. The second-order valence-electron chi connectivity index (χ2n) is 4.82. The summed E-state index contributed by atoms with van der Waals surface area (Å²) < 4.78 is 4.89. The van der Waals surface area contributed by atoms with Crippen LogP contribution in [0, 0.1) is 0 Å². The van der Waals surface area contributed by atoms with Crippen LogP contribution in [0.3, 0.4) is 0 Å². The second-order valence-corrected chi connectivity index (χ2v) is 4.82. The van der Waals surface area contributed by atoms with Crippen LogP contribution in [0.15, 0.2) is 29.8 Å². The van der Waals surface area contributed by atoms with E-state index in [0.717, 1.165) is 36.8 Å². The minimum Gasteiger partial charge on any atom is -0.452 e. The molecule has 1 atom stereocenters. The number of hydrogen-bond donors (Lipinski definition) is 0. The zero-order valence-electron chi connectivity index (χ0n) is 11.8. The third-order valence-corrected chi connectivity index (χ3v) is 3.55. The summed E-state index contributed by atoms with van der Waals surface area (Å²) in [6.07, 6.45) is 5.00. The lowest BCUT2D eigenvalue weighted by Gasteiger charge is -2.35. The summed E-state index contributed by atoms with van der Waals surface area (Å²) in [7, 11) is 1.36. The number of benzene rings is 1. The molecule has 0 aliphatic carbocycles. The molecule has 4 nitrogen and oxygen atoms in total. The van der Waals surface area contributed by atoms with Gasteiger partial charge in [0.25, 0.3) is 0 Å². The maximum atomic E-state index is 12.1. The Morgan fingerprint density at radius 1 is 1.40 bits per heavy atom. The first-order chi connectivity index (χ1) is 9.72. The molecule has 0 aromatic heterocycles. The van der Waals surface area contributed by atoms with Crippen LogP contribution in [0.2, 0.25) is 0 Å². The highest BCUT2D eigenvalue weighted by molar-refractivity contribution is 5.99. The molecule has 2 rings (SSSR count). The van der Waals surface area contributed by atoms with Crippen molar-refractivity contribution in [3.05, 3.63) is 35.4 Å². The number of ether oxygens (including phenoxy) is 1. The van der Waals surface area contributed by atoms with Gasteiger partial charge in [-0.05, 0) is 24.1 Å². The van der Waals surface area contributed by atoms with Gasteiger partial charge in [-0.3, -0.25) is 9.69 Å². The van der Waals surface area contributed by atoms with E-state index in [1.54, 1.807) is 4.90 Å².